The molecule has 10 heteroatoms. The first-order valence-corrected chi connectivity index (χ1v) is 8.95. The Bertz CT molecular complexity index is 985. The van der Waals surface area contributed by atoms with Crippen molar-refractivity contribution in [2.75, 3.05) is 6.54 Å². The number of nitro benzene ring substituents is 1. The zero-order chi connectivity index (χ0) is 18.7. The van der Waals surface area contributed by atoms with Crippen LogP contribution in [0.4, 0.5) is 5.69 Å². The summed E-state index contributed by atoms with van der Waals surface area (Å²) < 4.78 is 1.65. The van der Waals surface area contributed by atoms with Gasteiger partial charge in [-0.05, 0) is 24.3 Å². The highest BCUT2D eigenvalue weighted by molar-refractivity contribution is 8.01. The van der Waals surface area contributed by atoms with E-state index in [2.05, 4.69) is 10.3 Å². The molecule has 2 aromatic carbocycles. The van der Waals surface area contributed by atoms with E-state index in [0.717, 1.165) is 10.2 Å². The summed E-state index contributed by atoms with van der Waals surface area (Å²) in [6.07, 6.45) is 0. The van der Waals surface area contributed by atoms with E-state index in [-0.39, 0.29) is 17.8 Å². The van der Waals surface area contributed by atoms with Gasteiger partial charge < -0.3 is 11.1 Å². The van der Waals surface area contributed by atoms with Crippen LogP contribution >= 0.6 is 23.1 Å². The topological polar surface area (TPSA) is 128 Å². The Labute approximate surface area is 155 Å². The van der Waals surface area contributed by atoms with E-state index in [0.29, 0.717) is 9.24 Å². The lowest BCUT2D eigenvalue weighted by atomic mass is 10.2. The molecule has 0 spiro atoms. The van der Waals surface area contributed by atoms with Gasteiger partial charge in [0.25, 0.3) is 11.6 Å². The number of hydrogen-bond donors (Lipinski definition) is 2. The number of nitrogens with two attached hydrogens (primary N) is 1. The normalized spacial score (nSPS) is 10.6. The van der Waals surface area contributed by atoms with Crippen molar-refractivity contribution in [1.82, 2.24) is 10.3 Å². The van der Waals surface area contributed by atoms with Gasteiger partial charge in [-0.25, -0.2) is 4.98 Å². The summed E-state index contributed by atoms with van der Waals surface area (Å²) in [4.78, 5) is 38.3. The molecule has 1 aromatic heterocycles. The molecule has 0 radical (unpaired) electrons. The van der Waals surface area contributed by atoms with Crippen LogP contribution in [0.25, 0.3) is 10.2 Å². The molecule has 1 heterocycles. The number of para-hydroxylation sites is 1. The van der Waals surface area contributed by atoms with Crippen molar-refractivity contribution < 1.29 is 14.5 Å². The van der Waals surface area contributed by atoms with Gasteiger partial charge in [-0.1, -0.05) is 23.9 Å². The lowest BCUT2D eigenvalue weighted by Gasteiger charge is -2.05. The van der Waals surface area contributed by atoms with Crippen molar-refractivity contribution in [2.45, 2.75) is 9.24 Å². The number of rotatable bonds is 6. The molecule has 3 aromatic rings. The molecular formula is C16H12N4O4S2. The molecule has 0 aliphatic heterocycles. The monoisotopic (exact) mass is 388 g/mol. The van der Waals surface area contributed by atoms with Gasteiger partial charge in [0, 0.05) is 11.6 Å². The number of hydrogen-bond acceptors (Lipinski definition) is 7. The second-order valence-corrected chi connectivity index (χ2v) is 7.46. The lowest BCUT2D eigenvalue weighted by Crippen LogP contribution is -2.33. The maximum atomic E-state index is 12.0. The molecule has 0 unspecified atom stereocenters. The molecule has 8 nitrogen and oxygen atoms in total. The van der Waals surface area contributed by atoms with Crippen molar-refractivity contribution in [1.29, 1.82) is 0 Å². The molecule has 0 saturated heterocycles. The predicted molar refractivity (Wildman–Crippen MR) is 98.4 cm³/mol. The zero-order valence-electron chi connectivity index (χ0n) is 13.2. The van der Waals surface area contributed by atoms with Gasteiger partial charge in [0.15, 0.2) is 4.34 Å². The number of nitro groups is 1. The number of amides is 2. The van der Waals surface area contributed by atoms with Crippen LogP contribution in [0.2, 0.25) is 0 Å². The van der Waals surface area contributed by atoms with Gasteiger partial charge in [-0.3, -0.25) is 19.7 Å². The van der Waals surface area contributed by atoms with Crippen molar-refractivity contribution in [3.8, 4) is 0 Å². The maximum absolute atomic E-state index is 12.0. The molecule has 2 amide bonds. The average Bonchev–Trinajstić information content (AvgIpc) is 3.02. The fourth-order valence-electron chi connectivity index (χ4n) is 2.15. The minimum atomic E-state index is -0.698. The van der Waals surface area contributed by atoms with E-state index in [1.54, 1.807) is 0 Å². The molecule has 26 heavy (non-hydrogen) atoms. The van der Waals surface area contributed by atoms with Gasteiger partial charge in [-0.2, -0.15) is 0 Å². The van der Waals surface area contributed by atoms with Gasteiger partial charge in [0.05, 0.1) is 26.6 Å². The first kappa shape index (κ1) is 17.8. The van der Waals surface area contributed by atoms with Gasteiger partial charge >= 0.3 is 0 Å². The average molecular weight is 388 g/mol. The van der Waals surface area contributed by atoms with Crippen LogP contribution in [0, 0.1) is 10.1 Å². The number of benzene rings is 2. The van der Waals surface area contributed by atoms with E-state index < -0.39 is 16.7 Å². The standard InChI is InChI=1S/C16H12N4O4S2/c17-14(21)8-18-15(22)9-5-6-13(11(7-9)20(23)24)26-16-19-10-3-1-2-4-12(10)25-16/h1-7H,8H2,(H2,17,21)(H,18,22). The second kappa shape index (κ2) is 7.50. The van der Waals surface area contributed by atoms with Crippen LogP contribution in [0.3, 0.4) is 0 Å². The van der Waals surface area contributed by atoms with Crippen LogP contribution in [0.5, 0.6) is 0 Å². The highest BCUT2D eigenvalue weighted by Gasteiger charge is 2.20. The van der Waals surface area contributed by atoms with E-state index >= 15 is 0 Å². The third-order valence-corrected chi connectivity index (χ3v) is 5.47. The summed E-state index contributed by atoms with van der Waals surface area (Å²) >= 11 is 2.60. The number of fused-ring (bicyclic) bond motifs is 1. The Morgan fingerprint density at radius 1 is 1.27 bits per heavy atom. The molecule has 0 bridgehead atoms. The van der Waals surface area contributed by atoms with Crippen molar-refractivity contribution in [2.24, 2.45) is 5.73 Å². The second-order valence-electron chi connectivity index (χ2n) is 5.14. The van der Waals surface area contributed by atoms with Crippen molar-refractivity contribution >= 4 is 50.8 Å². The molecular weight excluding hydrogens is 376 g/mol. The number of carbonyl (C=O) groups is 2. The van der Waals surface area contributed by atoms with Crippen molar-refractivity contribution in [3.05, 3.63) is 58.1 Å². The third kappa shape index (κ3) is 3.98. The van der Waals surface area contributed by atoms with E-state index in [4.69, 9.17) is 5.73 Å². The molecule has 0 saturated carbocycles. The SMILES string of the molecule is NC(=O)CNC(=O)c1ccc(Sc2nc3ccccc3s2)c([N+](=O)[O-])c1. The first-order chi connectivity index (χ1) is 12.4. The first-order valence-electron chi connectivity index (χ1n) is 7.32. The fraction of sp³-hybridized carbons (Fsp3) is 0.0625. The Morgan fingerprint density at radius 3 is 2.73 bits per heavy atom. The Morgan fingerprint density at radius 2 is 2.04 bits per heavy atom. The molecule has 0 aliphatic carbocycles. The Hall–Kier alpha value is -2.98. The number of nitrogens with zero attached hydrogens (tertiary/aromatic N) is 2. The Kier molecular flexibility index (Phi) is 5.14. The van der Waals surface area contributed by atoms with Crippen LogP contribution in [0.15, 0.2) is 51.7 Å². The van der Waals surface area contributed by atoms with Crippen molar-refractivity contribution in [3.63, 3.8) is 0 Å². The smallest absolute Gasteiger partial charge is 0.284 e. The highest BCUT2D eigenvalue weighted by atomic mass is 32.2. The zero-order valence-corrected chi connectivity index (χ0v) is 14.8. The summed E-state index contributed by atoms with van der Waals surface area (Å²) in [5, 5.41) is 13.7. The van der Waals surface area contributed by atoms with Crippen LogP contribution in [-0.2, 0) is 4.79 Å². The maximum Gasteiger partial charge on any atom is 0.284 e. The number of primary amides is 1. The quantitative estimate of drug-likeness (QED) is 0.493. The minimum Gasteiger partial charge on any atom is -0.368 e. The van der Waals surface area contributed by atoms with Crippen LogP contribution < -0.4 is 11.1 Å². The predicted octanol–water partition coefficient (Wildman–Crippen LogP) is 2.57. The fourth-order valence-corrected chi connectivity index (χ4v) is 4.25. The van der Waals surface area contributed by atoms with E-state index in [1.807, 2.05) is 24.3 Å². The number of carbonyl (C=O) groups excluding carboxylic acids is 2. The summed E-state index contributed by atoms with van der Waals surface area (Å²) in [6, 6.07) is 11.7. The summed E-state index contributed by atoms with van der Waals surface area (Å²) in [5.74, 6) is -1.31. The van der Waals surface area contributed by atoms with E-state index in [9.17, 15) is 19.7 Å². The number of aromatic nitrogens is 1. The van der Waals surface area contributed by atoms with Gasteiger partial charge in [0.1, 0.15) is 0 Å². The molecule has 0 fully saturated rings. The van der Waals surface area contributed by atoms with Crippen LogP contribution in [-0.4, -0.2) is 28.3 Å². The lowest BCUT2D eigenvalue weighted by molar-refractivity contribution is -0.387. The minimum absolute atomic E-state index is 0.0756. The third-order valence-electron chi connectivity index (χ3n) is 3.31. The summed E-state index contributed by atoms with van der Waals surface area (Å²) in [5.41, 5.74) is 5.66. The van der Waals surface area contributed by atoms with Crippen LogP contribution in [0.1, 0.15) is 10.4 Å². The number of thiazole rings is 1. The molecule has 132 valence electrons. The Balaban J connectivity index is 1.88. The number of nitrogens with one attached hydrogen (secondary N) is 1. The molecule has 0 atom stereocenters. The molecule has 3 N–H and O–H groups in total. The van der Waals surface area contributed by atoms with Gasteiger partial charge in [0.2, 0.25) is 5.91 Å². The molecule has 0 aliphatic rings. The summed E-state index contributed by atoms with van der Waals surface area (Å²) in [6.45, 7) is -0.338. The van der Waals surface area contributed by atoms with E-state index in [1.165, 1.54) is 41.3 Å². The highest BCUT2D eigenvalue weighted by Crippen LogP contribution is 2.38. The van der Waals surface area contributed by atoms with Gasteiger partial charge in [-0.15, -0.1) is 11.3 Å². The summed E-state index contributed by atoms with van der Waals surface area (Å²) in [7, 11) is 0. The largest absolute Gasteiger partial charge is 0.368 e. The molecule has 3 rings (SSSR count).